The molecule has 3 rings (SSSR count). The highest BCUT2D eigenvalue weighted by molar-refractivity contribution is 7.15. The summed E-state index contributed by atoms with van der Waals surface area (Å²) in [6.07, 6.45) is 0. The molecule has 2 N–H and O–H groups in total. The topological polar surface area (TPSA) is 64.9 Å². The van der Waals surface area contributed by atoms with E-state index in [0.717, 1.165) is 15.6 Å². The van der Waals surface area contributed by atoms with Crippen molar-refractivity contribution >= 4 is 40.4 Å². The monoisotopic (exact) mass is 339 g/mol. The molecule has 0 spiro atoms. The minimum atomic E-state index is 0.255. The zero-order chi connectivity index (χ0) is 15.1. The van der Waals surface area contributed by atoms with Crippen LogP contribution in [-0.2, 0) is 0 Å². The van der Waals surface area contributed by atoms with Crippen molar-refractivity contribution in [2.45, 2.75) is 13.8 Å². The summed E-state index contributed by atoms with van der Waals surface area (Å²) in [6, 6.07) is 5.28. The Balaban J connectivity index is 2.30. The third-order valence-electron chi connectivity index (χ3n) is 3.04. The zero-order valence-corrected chi connectivity index (χ0v) is 13.6. The van der Waals surface area contributed by atoms with E-state index in [1.54, 1.807) is 18.2 Å². The Morgan fingerprint density at radius 2 is 1.81 bits per heavy atom. The van der Waals surface area contributed by atoms with Gasteiger partial charge in [-0.15, -0.1) is 11.3 Å². The molecule has 0 saturated carbocycles. The van der Waals surface area contributed by atoms with Crippen molar-refractivity contribution < 1.29 is 4.52 Å². The standard InChI is InChI=1S/C14H11Cl2N3OS/c1-6-13(21-7(2)18-6)12-11(14(17)19-20-12)10-8(15)4-3-5-9(10)16/h3-5H,1-2H3,(H2,17,19). The maximum Gasteiger partial charge on any atom is 0.188 e. The number of benzene rings is 1. The van der Waals surface area contributed by atoms with Crippen molar-refractivity contribution in [2.24, 2.45) is 0 Å². The Morgan fingerprint density at radius 3 is 2.38 bits per heavy atom. The number of anilines is 1. The maximum absolute atomic E-state index is 6.28. The number of halogens is 2. The number of nitrogens with zero attached hydrogens (tertiary/aromatic N) is 2. The van der Waals surface area contributed by atoms with Crippen molar-refractivity contribution in [3.63, 3.8) is 0 Å². The van der Waals surface area contributed by atoms with Crippen molar-refractivity contribution in [3.05, 3.63) is 38.9 Å². The predicted octanol–water partition coefficient (Wildman–Crippen LogP) is 4.97. The molecule has 0 aliphatic rings. The van der Waals surface area contributed by atoms with Crippen molar-refractivity contribution in [1.29, 1.82) is 0 Å². The molecule has 1 aromatic carbocycles. The molecule has 108 valence electrons. The Hall–Kier alpha value is -1.56. The number of thiazole rings is 1. The summed E-state index contributed by atoms with van der Waals surface area (Å²) in [5, 5.41) is 5.80. The molecule has 0 aliphatic carbocycles. The third kappa shape index (κ3) is 2.41. The lowest BCUT2D eigenvalue weighted by atomic mass is 10.0. The first-order valence-electron chi connectivity index (χ1n) is 6.13. The zero-order valence-electron chi connectivity index (χ0n) is 11.3. The van der Waals surface area contributed by atoms with Gasteiger partial charge in [0.25, 0.3) is 0 Å². The number of hydrogen-bond acceptors (Lipinski definition) is 5. The lowest BCUT2D eigenvalue weighted by Crippen LogP contribution is -1.90. The Bertz CT molecular complexity index is 805. The number of rotatable bonds is 2. The van der Waals surface area contributed by atoms with Gasteiger partial charge in [-0.2, -0.15) is 0 Å². The lowest BCUT2D eigenvalue weighted by Gasteiger charge is -2.06. The van der Waals surface area contributed by atoms with Crippen LogP contribution in [0.15, 0.2) is 22.7 Å². The van der Waals surface area contributed by atoms with Crippen molar-refractivity contribution in [3.8, 4) is 21.8 Å². The quantitative estimate of drug-likeness (QED) is 0.715. The molecule has 0 fully saturated rings. The highest BCUT2D eigenvalue weighted by atomic mass is 35.5. The minimum absolute atomic E-state index is 0.255. The molecule has 0 unspecified atom stereocenters. The van der Waals surface area contributed by atoms with E-state index in [9.17, 15) is 0 Å². The molecule has 2 heterocycles. The highest BCUT2D eigenvalue weighted by Gasteiger charge is 2.24. The normalized spacial score (nSPS) is 11.0. The van der Waals surface area contributed by atoms with Gasteiger partial charge in [0.15, 0.2) is 11.6 Å². The molecular formula is C14H11Cl2N3OS. The SMILES string of the molecule is Cc1nc(C)c(-c2onc(N)c2-c2c(Cl)cccc2Cl)s1. The van der Waals surface area contributed by atoms with Crippen LogP contribution in [0.3, 0.4) is 0 Å². The highest BCUT2D eigenvalue weighted by Crippen LogP contribution is 2.45. The van der Waals surface area contributed by atoms with E-state index < -0.39 is 0 Å². The summed E-state index contributed by atoms with van der Waals surface area (Å²) < 4.78 is 5.42. The van der Waals surface area contributed by atoms with Crippen LogP contribution in [0.25, 0.3) is 21.8 Å². The van der Waals surface area contributed by atoms with Gasteiger partial charge in [0.05, 0.1) is 31.2 Å². The van der Waals surface area contributed by atoms with Gasteiger partial charge < -0.3 is 10.3 Å². The Morgan fingerprint density at radius 1 is 1.14 bits per heavy atom. The summed E-state index contributed by atoms with van der Waals surface area (Å²) in [7, 11) is 0. The van der Waals surface area contributed by atoms with Gasteiger partial charge in [-0.3, -0.25) is 0 Å². The first-order valence-corrected chi connectivity index (χ1v) is 7.70. The number of aryl methyl sites for hydroxylation is 2. The molecule has 7 heteroatoms. The molecule has 21 heavy (non-hydrogen) atoms. The van der Waals surface area contributed by atoms with Gasteiger partial charge in [0, 0.05) is 5.56 Å². The molecule has 0 amide bonds. The molecule has 0 saturated heterocycles. The number of nitrogen functional groups attached to an aromatic ring is 1. The average molecular weight is 340 g/mol. The Kier molecular flexibility index (Phi) is 3.65. The second-order valence-corrected chi connectivity index (χ2v) is 6.53. The van der Waals surface area contributed by atoms with Gasteiger partial charge in [-0.25, -0.2) is 4.98 Å². The van der Waals surface area contributed by atoms with Crippen LogP contribution < -0.4 is 5.73 Å². The summed E-state index contributed by atoms with van der Waals surface area (Å²) in [4.78, 5) is 5.28. The average Bonchev–Trinajstić information content (AvgIpc) is 2.93. The predicted molar refractivity (Wildman–Crippen MR) is 87.0 cm³/mol. The molecular weight excluding hydrogens is 329 g/mol. The summed E-state index contributed by atoms with van der Waals surface area (Å²) in [5.41, 5.74) is 8.06. The molecule has 0 atom stereocenters. The molecule has 2 aromatic heterocycles. The third-order valence-corrected chi connectivity index (χ3v) is 4.74. The fourth-order valence-electron chi connectivity index (χ4n) is 2.18. The van der Waals surface area contributed by atoms with Crippen LogP contribution in [-0.4, -0.2) is 10.1 Å². The van der Waals surface area contributed by atoms with E-state index in [2.05, 4.69) is 10.1 Å². The van der Waals surface area contributed by atoms with Crippen LogP contribution in [0, 0.1) is 13.8 Å². The molecule has 0 bridgehead atoms. The summed E-state index contributed by atoms with van der Waals surface area (Å²) >= 11 is 14.1. The molecule has 4 nitrogen and oxygen atoms in total. The van der Waals surface area contributed by atoms with Crippen LogP contribution >= 0.6 is 34.5 Å². The van der Waals surface area contributed by atoms with Gasteiger partial charge in [-0.05, 0) is 26.0 Å². The molecule has 3 aromatic rings. The van der Waals surface area contributed by atoms with E-state index in [1.807, 2.05) is 13.8 Å². The fourth-order valence-corrected chi connectivity index (χ4v) is 3.67. The maximum atomic E-state index is 6.28. The largest absolute Gasteiger partial charge is 0.380 e. The molecule has 0 aliphatic heterocycles. The number of hydrogen-bond donors (Lipinski definition) is 1. The summed E-state index contributed by atoms with van der Waals surface area (Å²) in [6.45, 7) is 3.85. The van der Waals surface area contributed by atoms with Crippen LogP contribution in [0.2, 0.25) is 10.0 Å². The first kappa shape index (κ1) is 14.4. The second-order valence-electron chi connectivity index (χ2n) is 4.52. The lowest BCUT2D eigenvalue weighted by molar-refractivity contribution is 0.436. The van der Waals surface area contributed by atoms with E-state index in [0.29, 0.717) is 26.9 Å². The van der Waals surface area contributed by atoms with E-state index in [1.165, 1.54) is 11.3 Å². The second kappa shape index (κ2) is 5.33. The smallest absolute Gasteiger partial charge is 0.188 e. The van der Waals surface area contributed by atoms with Gasteiger partial charge in [-0.1, -0.05) is 34.4 Å². The number of nitrogens with two attached hydrogens (primary N) is 1. The van der Waals surface area contributed by atoms with E-state index in [-0.39, 0.29) is 5.82 Å². The van der Waals surface area contributed by atoms with E-state index in [4.69, 9.17) is 33.5 Å². The van der Waals surface area contributed by atoms with Crippen molar-refractivity contribution in [1.82, 2.24) is 10.1 Å². The Labute approximate surface area is 135 Å². The van der Waals surface area contributed by atoms with Gasteiger partial charge in [0.2, 0.25) is 0 Å². The van der Waals surface area contributed by atoms with Gasteiger partial charge in [0.1, 0.15) is 0 Å². The van der Waals surface area contributed by atoms with Gasteiger partial charge >= 0.3 is 0 Å². The van der Waals surface area contributed by atoms with Crippen LogP contribution in [0.4, 0.5) is 5.82 Å². The fraction of sp³-hybridized carbons (Fsp3) is 0.143. The minimum Gasteiger partial charge on any atom is -0.380 e. The number of aromatic nitrogens is 2. The summed E-state index contributed by atoms with van der Waals surface area (Å²) in [5.74, 6) is 0.802. The van der Waals surface area contributed by atoms with Crippen molar-refractivity contribution in [2.75, 3.05) is 5.73 Å². The van der Waals surface area contributed by atoms with Crippen LogP contribution in [0.5, 0.6) is 0 Å². The van der Waals surface area contributed by atoms with Crippen LogP contribution in [0.1, 0.15) is 10.7 Å². The molecule has 0 radical (unpaired) electrons. The van der Waals surface area contributed by atoms with E-state index >= 15 is 0 Å². The first-order chi connectivity index (χ1) is 9.99.